The molecule has 0 heterocycles. The van der Waals surface area contributed by atoms with Gasteiger partial charge in [-0.1, -0.05) is 356 Å². The summed E-state index contributed by atoms with van der Waals surface area (Å²) in [7, 11) is -9.90. The van der Waals surface area contributed by atoms with Crippen molar-refractivity contribution in [3.8, 4) is 0 Å². The van der Waals surface area contributed by atoms with Crippen molar-refractivity contribution >= 4 is 39.5 Å². The van der Waals surface area contributed by atoms with Crippen LogP contribution in [0.15, 0.2) is 0 Å². The molecule has 19 heteroatoms. The molecular formula is C77H150O17P2. The van der Waals surface area contributed by atoms with Crippen molar-refractivity contribution in [3.05, 3.63) is 0 Å². The van der Waals surface area contributed by atoms with E-state index >= 15 is 0 Å². The predicted octanol–water partition coefficient (Wildman–Crippen LogP) is 22.9. The highest BCUT2D eigenvalue weighted by Crippen LogP contribution is 2.45. The fraction of sp³-hybridized carbons (Fsp3) is 0.948. The summed E-state index contributed by atoms with van der Waals surface area (Å²) in [5.41, 5.74) is 0. The van der Waals surface area contributed by atoms with E-state index in [1.54, 1.807) is 0 Å². The number of unbranched alkanes of at least 4 members (excludes halogenated alkanes) is 48. The van der Waals surface area contributed by atoms with Crippen molar-refractivity contribution < 1.29 is 80.2 Å². The summed E-state index contributed by atoms with van der Waals surface area (Å²) in [5, 5.41) is 10.6. The molecule has 0 rings (SSSR count). The molecule has 0 bridgehead atoms. The van der Waals surface area contributed by atoms with E-state index in [0.717, 1.165) is 109 Å². The molecule has 0 radical (unpaired) electrons. The van der Waals surface area contributed by atoms with Gasteiger partial charge in [-0.05, 0) is 31.6 Å². The first-order valence-corrected chi connectivity index (χ1v) is 43.2. The summed E-state index contributed by atoms with van der Waals surface area (Å²) in [6.07, 6.45) is 60.1. The van der Waals surface area contributed by atoms with Crippen LogP contribution in [0.25, 0.3) is 0 Å². The lowest BCUT2D eigenvalue weighted by Gasteiger charge is -2.21. The molecule has 6 atom stereocenters. The zero-order valence-corrected chi connectivity index (χ0v) is 64.3. The largest absolute Gasteiger partial charge is 0.472 e. The number of aliphatic hydroxyl groups is 1. The van der Waals surface area contributed by atoms with Gasteiger partial charge in [0.2, 0.25) is 0 Å². The van der Waals surface area contributed by atoms with E-state index < -0.39 is 97.5 Å². The van der Waals surface area contributed by atoms with Gasteiger partial charge in [-0.25, -0.2) is 9.13 Å². The lowest BCUT2D eigenvalue weighted by Crippen LogP contribution is -2.30. The Labute approximate surface area is 588 Å². The summed E-state index contributed by atoms with van der Waals surface area (Å²) < 4.78 is 68.4. The number of carbonyl (C=O) groups excluding carboxylic acids is 4. The molecule has 17 nitrogen and oxygen atoms in total. The summed E-state index contributed by atoms with van der Waals surface area (Å²) >= 11 is 0. The zero-order valence-electron chi connectivity index (χ0n) is 62.5. The maximum absolute atomic E-state index is 13.1. The first kappa shape index (κ1) is 94.1. The van der Waals surface area contributed by atoms with Gasteiger partial charge in [-0.2, -0.15) is 0 Å². The predicted molar refractivity (Wildman–Crippen MR) is 391 cm³/mol. The van der Waals surface area contributed by atoms with Gasteiger partial charge in [0, 0.05) is 25.7 Å². The second kappa shape index (κ2) is 70.1. The Balaban J connectivity index is 5.14. The van der Waals surface area contributed by atoms with E-state index in [-0.39, 0.29) is 25.7 Å². The molecule has 3 unspecified atom stereocenters. The SMILES string of the molecule is CCCCCCCCCCCCCCCCCCCCCCCCC(=O)O[C@H](COC(=O)CCCCCCCCCCCCCCCCCCC)COP(=O)(O)OC[C@@H](O)COP(=O)(O)OC[C@@H](COC(=O)CCCCCCCCC)OC(=O)CCCCCCCCC(C)CC. The highest BCUT2D eigenvalue weighted by Gasteiger charge is 2.30. The van der Waals surface area contributed by atoms with Crippen LogP contribution in [0.5, 0.6) is 0 Å². The Hall–Kier alpha value is -1.94. The minimum atomic E-state index is -4.96. The van der Waals surface area contributed by atoms with E-state index in [4.69, 9.17) is 37.0 Å². The molecule has 96 heavy (non-hydrogen) atoms. The normalized spacial score (nSPS) is 14.2. The number of ether oxygens (including phenoxy) is 4. The fourth-order valence-corrected chi connectivity index (χ4v) is 13.4. The monoisotopic (exact) mass is 1410 g/mol. The van der Waals surface area contributed by atoms with Crippen molar-refractivity contribution in [2.24, 2.45) is 5.92 Å². The molecular weight excluding hydrogens is 1260 g/mol. The van der Waals surface area contributed by atoms with E-state index in [2.05, 4.69) is 34.6 Å². The highest BCUT2D eigenvalue weighted by atomic mass is 31.2. The number of hydrogen-bond acceptors (Lipinski definition) is 15. The van der Waals surface area contributed by atoms with Gasteiger partial charge < -0.3 is 33.8 Å². The fourth-order valence-electron chi connectivity index (χ4n) is 11.8. The van der Waals surface area contributed by atoms with Crippen molar-refractivity contribution in [2.45, 2.75) is 425 Å². The van der Waals surface area contributed by atoms with E-state index in [9.17, 15) is 43.2 Å². The Bertz CT molecular complexity index is 1840. The van der Waals surface area contributed by atoms with E-state index in [0.29, 0.717) is 25.7 Å². The van der Waals surface area contributed by atoms with Crippen LogP contribution < -0.4 is 0 Å². The van der Waals surface area contributed by atoms with Crippen LogP contribution in [0, 0.1) is 5.92 Å². The molecule has 0 aromatic heterocycles. The van der Waals surface area contributed by atoms with Crippen molar-refractivity contribution in [1.82, 2.24) is 0 Å². The third-order valence-corrected chi connectivity index (χ3v) is 20.3. The third-order valence-electron chi connectivity index (χ3n) is 18.4. The van der Waals surface area contributed by atoms with Crippen LogP contribution in [0.4, 0.5) is 0 Å². The Kier molecular flexibility index (Phi) is 68.7. The molecule has 0 saturated heterocycles. The number of phosphoric acid groups is 2. The maximum Gasteiger partial charge on any atom is 0.472 e. The zero-order chi connectivity index (χ0) is 70.5. The van der Waals surface area contributed by atoms with Crippen molar-refractivity contribution in [3.63, 3.8) is 0 Å². The summed E-state index contributed by atoms with van der Waals surface area (Å²) in [6, 6.07) is 0. The number of rotatable bonds is 77. The van der Waals surface area contributed by atoms with Gasteiger partial charge in [0.15, 0.2) is 12.2 Å². The number of esters is 4. The Morgan fingerprint density at radius 3 is 0.740 bits per heavy atom. The molecule has 0 spiro atoms. The second-order valence-electron chi connectivity index (χ2n) is 28.0. The van der Waals surface area contributed by atoms with Crippen LogP contribution in [-0.2, 0) is 65.4 Å². The van der Waals surface area contributed by atoms with Crippen LogP contribution in [0.3, 0.4) is 0 Å². The van der Waals surface area contributed by atoms with Gasteiger partial charge in [0.1, 0.15) is 19.3 Å². The topological polar surface area (TPSA) is 237 Å². The molecule has 0 aliphatic carbocycles. The average Bonchev–Trinajstić information content (AvgIpc) is 1.50. The van der Waals surface area contributed by atoms with Gasteiger partial charge in [0.05, 0.1) is 26.4 Å². The Morgan fingerprint density at radius 2 is 0.500 bits per heavy atom. The quantitative estimate of drug-likeness (QED) is 0.0222. The molecule has 0 saturated carbocycles. The summed E-state index contributed by atoms with van der Waals surface area (Å²) in [4.78, 5) is 72.6. The summed E-state index contributed by atoms with van der Waals surface area (Å²) in [5.74, 6) is -1.40. The number of hydrogen-bond donors (Lipinski definition) is 3. The number of aliphatic hydroxyl groups excluding tert-OH is 1. The minimum Gasteiger partial charge on any atom is -0.462 e. The molecule has 0 aliphatic rings. The van der Waals surface area contributed by atoms with Gasteiger partial charge >= 0.3 is 39.5 Å². The van der Waals surface area contributed by atoms with Gasteiger partial charge in [-0.15, -0.1) is 0 Å². The molecule has 3 N–H and O–H groups in total. The van der Waals surface area contributed by atoms with Crippen LogP contribution in [0.1, 0.15) is 407 Å². The van der Waals surface area contributed by atoms with E-state index in [1.807, 2.05) is 0 Å². The van der Waals surface area contributed by atoms with Gasteiger partial charge in [0.25, 0.3) is 0 Å². The lowest BCUT2D eigenvalue weighted by atomic mass is 10.00. The first-order chi connectivity index (χ1) is 46.6. The lowest BCUT2D eigenvalue weighted by molar-refractivity contribution is -0.161. The molecule has 0 aromatic carbocycles. The van der Waals surface area contributed by atoms with Crippen LogP contribution >= 0.6 is 15.6 Å². The smallest absolute Gasteiger partial charge is 0.462 e. The first-order valence-electron chi connectivity index (χ1n) is 40.2. The van der Waals surface area contributed by atoms with Crippen LogP contribution in [-0.4, -0.2) is 96.7 Å². The molecule has 0 fully saturated rings. The third kappa shape index (κ3) is 69.2. The molecule has 0 aliphatic heterocycles. The molecule has 0 aromatic rings. The highest BCUT2D eigenvalue weighted by molar-refractivity contribution is 7.47. The maximum atomic E-state index is 13.1. The van der Waals surface area contributed by atoms with E-state index in [1.165, 1.54) is 218 Å². The number of carbonyl (C=O) groups is 4. The number of phosphoric ester groups is 2. The van der Waals surface area contributed by atoms with Gasteiger partial charge in [-0.3, -0.25) is 37.3 Å². The molecule has 0 amide bonds. The Morgan fingerprint density at radius 1 is 0.292 bits per heavy atom. The van der Waals surface area contributed by atoms with Crippen molar-refractivity contribution in [2.75, 3.05) is 39.6 Å². The average molecular weight is 1410 g/mol. The van der Waals surface area contributed by atoms with Crippen molar-refractivity contribution in [1.29, 1.82) is 0 Å². The van der Waals surface area contributed by atoms with Crippen LogP contribution in [0.2, 0.25) is 0 Å². The minimum absolute atomic E-state index is 0.103. The second-order valence-corrected chi connectivity index (χ2v) is 30.9. The molecule has 570 valence electrons. The standard InChI is InChI=1S/C77H150O17P2/c1-6-10-13-16-19-21-23-25-27-29-30-31-32-33-35-37-39-41-43-46-52-57-62-76(81)93-72(67-88-75(80)61-56-51-45-42-40-38-36-34-28-26-24-22-20-17-14-11-7-2)68-91-95(83,84)89-64-71(78)65-90-96(85,86)92-69-73(66-87-74(79)60-55-50-44-18-15-12-8-3)94-77(82)63-58-53-48-47-49-54-59-70(5)9-4/h70-73,78H,6-69H2,1-5H3,(H,83,84)(H,85,86)/t70?,71-,72-,73-/m1/s1. The summed E-state index contributed by atoms with van der Waals surface area (Å²) in [6.45, 7) is 7.20.